The molecule has 0 unspecified atom stereocenters. The van der Waals surface area contributed by atoms with Gasteiger partial charge in [0, 0.05) is 6.54 Å². The van der Waals surface area contributed by atoms with Crippen LogP contribution in [0.25, 0.3) is 0 Å². The van der Waals surface area contributed by atoms with Crippen molar-refractivity contribution in [2.75, 3.05) is 47.9 Å². The molecule has 0 fully saturated rings. The van der Waals surface area contributed by atoms with Crippen molar-refractivity contribution >= 4 is 11.8 Å². The molecular weight excluding hydrogens is 298 g/mol. The minimum atomic E-state index is -0.414. The van der Waals surface area contributed by atoms with Gasteiger partial charge in [-0.1, -0.05) is 6.07 Å². The molecule has 2 N–H and O–H groups in total. The number of carbonyl (C=O) groups is 2. The molecule has 0 radical (unpaired) electrons. The second-order valence-corrected chi connectivity index (χ2v) is 5.23. The van der Waals surface area contributed by atoms with Crippen LogP contribution in [0.4, 0.5) is 0 Å². The Kier molecular flexibility index (Phi) is 7.90. The highest BCUT2D eigenvalue weighted by Crippen LogP contribution is 2.27. The van der Waals surface area contributed by atoms with Gasteiger partial charge in [-0.25, -0.2) is 0 Å². The molecule has 7 nitrogen and oxygen atoms in total. The van der Waals surface area contributed by atoms with Gasteiger partial charge in [-0.3, -0.25) is 9.59 Å². The molecule has 0 aliphatic heterocycles. The number of nitrogens with one attached hydrogen (secondary N) is 2. The van der Waals surface area contributed by atoms with E-state index in [4.69, 9.17) is 9.47 Å². The number of nitrogens with zero attached hydrogens (tertiary/aromatic N) is 1. The second kappa shape index (κ2) is 9.68. The number of methoxy groups -OCH3 is 2. The zero-order valence-electron chi connectivity index (χ0n) is 14.1. The van der Waals surface area contributed by atoms with E-state index in [2.05, 4.69) is 10.6 Å². The van der Waals surface area contributed by atoms with Crippen molar-refractivity contribution in [3.05, 3.63) is 23.8 Å². The van der Waals surface area contributed by atoms with E-state index in [9.17, 15) is 9.59 Å². The van der Waals surface area contributed by atoms with Crippen LogP contribution in [-0.4, -0.2) is 64.7 Å². The monoisotopic (exact) mass is 323 g/mol. The van der Waals surface area contributed by atoms with Crippen LogP contribution in [-0.2, 0) is 4.79 Å². The van der Waals surface area contributed by atoms with Crippen molar-refractivity contribution in [1.29, 1.82) is 0 Å². The minimum absolute atomic E-state index is 0.0952. The molecule has 0 atom stereocenters. The summed E-state index contributed by atoms with van der Waals surface area (Å²) in [5.74, 6) is 0.148. The Morgan fingerprint density at radius 1 is 1.09 bits per heavy atom. The van der Waals surface area contributed by atoms with Crippen LogP contribution >= 0.6 is 0 Å². The van der Waals surface area contributed by atoms with Crippen molar-refractivity contribution in [3.8, 4) is 11.5 Å². The van der Waals surface area contributed by atoms with Crippen molar-refractivity contribution in [3.63, 3.8) is 0 Å². The van der Waals surface area contributed by atoms with E-state index in [1.165, 1.54) is 14.2 Å². The highest BCUT2D eigenvalue weighted by molar-refractivity contribution is 6.01. The summed E-state index contributed by atoms with van der Waals surface area (Å²) in [6, 6.07) is 5.06. The molecule has 2 amide bonds. The normalized spacial score (nSPS) is 10.3. The maximum Gasteiger partial charge on any atom is 0.259 e. The SMILES string of the molecule is COc1cccc(OC)c1C(=O)NCC(=O)NCCCN(C)C. The number of amides is 2. The van der Waals surface area contributed by atoms with Gasteiger partial charge in [0.1, 0.15) is 17.1 Å². The molecule has 1 aromatic carbocycles. The van der Waals surface area contributed by atoms with Crippen LogP contribution in [0.1, 0.15) is 16.8 Å². The fourth-order valence-corrected chi connectivity index (χ4v) is 2.01. The lowest BCUT2D eigenvalue weighted by molar-refractivity contribution is -0.120. The molecule has 0 heterocycles. The average molecular weight is 323 g/mol. The van der Waals surface area contributed by atoms with E-state index < -0.39 is 5.91 Å². The Hall–Kier alpha value is -2.28. The predicted octanol–water partition coefficient (Wildman–Crippen LogP) is 0.502. The number of rotatable bonds is 9. The van der Waals surface area contributed by atoms with Crippen molar-refractivity contribution in [2.45, 2.75) is 6.42 Å². The van der Waals surface area contributed by atoms with E-state index in [1.54, 1.807) is 18.2 Å². The van der Waals surface area contributed by atoms with Gasteiger partial charge in [-0.15, -0.1) is 0 Å². The Morgan fingerprint density at radius 3 is 2.22 bits per heavy atom. The lowest BCUT2D eigenvalue weighted by atomic mass is 10.1. The highest BCUT2D eigenvalue weighted by Gasteiger charge is 2.18. The number of benzene rings is 1. The lowest BCUT2D eigenvalue weighted by Gasteiger charge is -2.13. The van der Waals surface area contributed by atoms with Crippen LogP contribution in [0, 0.1) is 0 Å². The molecule has 0 saturated carbocycles. The average Bonchev–Trinajstić information content (AvgIpc) is 2.55. The molecule has 128 valence electrons. The zero-order chi connectivity index (χ0) is 17.2. The van der Waals surface area contributed by atoms with Gasteiger partial charge < -0.3 is 25.0 Å². The van der Waals surface area contributed by atoms with Crippen molar-refractivity contribution in [2.24, 2.45) is 0 Å². The predicted molar refractivity (Wildman–Crippen MR) is 88.1 cm³/mol. The fourth-order valence-electron chi connectivity index (χ4n) is 2.01. The molecule has 0 saturated heterocycles. The fraction of sp³-hybridized carbons (Fsp3) is 0.500. The zero-order valence-corrected chi connectivity index (χ0v) is 14.1. The Balaban J connectivity index is 2.52. The van der Waals surface area contributed by atoms with E-state index in [0.29, 0.717) is 18.0 Å². The van der Waals surface area contributed by atoms with Gasteiger partial charge in [0.05, 0.1) is 20.8 Å². The molecule has 0 aliphatic rings. The minimum Gasteiger partial charge on any atom is -0.496 e. The lowest BCUT2D eigenvalue weighted by Crippen LogP contribution is -2.38. The third-order valence-corrected chi connectivity index (χ3v) is 3.17. The van der Waals surface area contributed by atoms with Gasteiger partial charge in [-0.05, 0) is 39.2 Å². The number of ether oxygens (including phenoxy) is 2. The number of hydrogen-bond acceptors (Lipinski definition) is 5. The maximum atomic E-state index is 12.3. The molecule has 0 aromatic heterocycles. The van der Waals surface area contributed by atoms with Crippen LogP contribution < -0.4 is 20.1 Å². The van der Waals surface area contributed by atoms with Gasteiger partial charge in [-0.2, -0.15) is 0 Å². The summed E-state index contributed by atoms with van der Waals surface area (Å²) in [4.78, 5) is 26.0. The first-order chi connectivity index (χ1) is 11.0. The largest absolute Gasteiger partial charge is 0.496 e. The van der Waals surface area contributed by atoms with Crippen LogP contribution in [0.15, 0.2) is 18.2 Å². The summed E-state index contributed by atoms with van der Waals surface area (Å²) in [6.07, 6.45) is 0.854. The third kappa shape index (κ3) is 6.15. The number of carbonyl (C=O) groups excluding carboxylic acids is 2. The molecule has 7 heteroatoms. The van der Waals surface area contributed by atoms with E-state index in [-0.39, 0.29) is 18.0 Å². The first-order valence-corrected chi connectivity index (χ1v) is 7.40. The van der Waals surface area contributed by atoms with Crippen LogP contribution in [0.2, 0.25) is 0 Å². The molecule has 1 aromatic rings. The molecule has 0 spiro atoms. The topological polar surface area (TPSA) is 79.9 Å². The van der Waals surface area contributed by atoms with E-state index >= 15 is 0 Å². The standard InChI is InChI=1S/C16H25N3O4/c1-19(2)10-6-9-17-14(20)11-18-16(21)15-12(22-3)7-5-8-13(15)23-4/h5,7-8H,6,9-11H2,1-4H3,(H,17,20)(H,18,21). The Bertz CT molecular complexity index is 510. The summed E-state index contributed by atoms with van der Waals surface area (Å²) < 4.78 is 10.3. The van der Waals surface area contributed by atoms with Gasteiger partial charge in [0.15, 0.2) is 0 Å². The Labute approximate surface area is 136 Å². The second-order valence-electron chi connectivity index (χ2n) is 5.23. The first-order valence-electron chi connectivity index (χ1n) is 7.40. The third-order valence-electron chi connectivity index (χ3n) is 3.17. The molecule has 0 bridgehead atoms. The maximum absolute atomic E-state index is 12.3. The molecule has 0 aliphatic carbocycles. The molecular formula is C16H25N3O4. The quantitative estimate of drug-likeness (QED) is 0.647. The summed E-state index contributed by atoms with van der Waals surface area (Å²) in [5.41, 5.74) is 0.276. The molecule has 1 rings (SSSR count). The Morgan fingerprint density at radius 2 is 1.70 bits per heavy atom. The smallest absolute Gasteiger partial charge is 0.259 e. The van der Waals surface area contributed by atoms with Crippen LogP contribution in [0.5, 0.6) is 11.5 Å². The van der Waals surface area contributed by atoms with Crippen molar-refractivity contribution < 1.29 is 19.1 Å². The summed E-state index contributed by atoms with van der Waals surface area (Å²) >= 11 is 0. The van der Waals surface area contributed by atoms with E-state index in [1.807, 2.05) is 19.0 Å². The van der Waals surface area contributed by atoms with Gasteiger partial charge >= 0.3 is 0 Å². The highest BCUT2D eigenvalue weighted by atomic mass is 16.5. The number of hydrogen-bond donors (Lipinski definition) is 2. The van der Waals surface area contributed by atoms with E-state index in [0.717, 1.165) is 13.0 Å². The summed E-state index contributed by atoms with van der Waals surface area (Å²) in [5, 5.41) is 5.34. The summed E-state index contributed by atoms with van der Waals surface area (Å²) in [7, 11) is 6.90. The van der Waals surface area contributed by atoms with Gasteiger partial charge in [0.25, 0.3) is 5.91 Å². The van der Waals surface area contributed by atoms with Crippen molar-refractivity contribution in [1.82, 2.24) is 15.5 Å². The summed E-state index contributed by atoms with van der Waals surface area (Å²) in [6.45, 7) is 1.37. The van der Waals surface area contributed by atoms with Crippen LogP contribution in [0.3, 0.4) is 0 Å². The van der Waals surface area contributed by atoms with Gasteiger partial charge in [0.2, 0.25) is 5.91 Å². The first kappa shape index (κ1) is 18.8. The molecule has 23 heavy (non-hydrogen) atoms.